The van der Waals surface area contributed by atoms with Gasteiger partial charge < -0.3 is 19.5 Å². The molecule has 0 aliphatic heterocycles. The monoisotopic (exact) mass is 470 g/mol. The van der Waals surface area contributed by atoms with Gasteiger partial charge in [0, 0.05) is 23.5 Å². The van der Waals surface area contributed by atoms with Gasteiger partial charge in [0.25, 0.3) is 5.91 Å². The number of anilines is 2. The minimum atomic E-state index is -0.756. The van der Waals surface area contributed by atoms with E-state index in [-0.39, 0.29) is 12.5 Å². The van der Waals surface area contributed by atoms with Crippen LogP contribution in [0.4, 0.5) is 16.2 Å². The lowest BCUT2D eigenvalue weighted by Crippen LogP contribution is -2.30. The molecule has 0 spiro atoms. The summed E-state index contributed by atoms with van der Waals surface area (Å²) in [5, 5.41) is 5.88. The van der Waals surface area contributed by atoms with Crippen LogP contribution < -0.4 is 15.4 Å². The molecular formula is C19H20BrClN2O5. The Kier molecular flexibility index (Phi) is 8.56. The molecule has 0 bridgehead atoms. The van der Waals surface area contributed by atoms with Crippen molar-refractivity contribution in [1.29, 1.82) is 0 Å². The molecule has 28 heavy (non-hydrogen) atoms. The number of ether oxygens (including phenoxy) is 3. The number of benzene rings is 2. The fourth-order valence-electron chi connectivity index (χ4n) is 2.10. The molecule has 2 aromatic rings. The molecule has 0 aromatic heterocycles. The van der Waals surface area contributed by atoms with Gasteiger partial charge in [0.05, 0.1) is 11.1 Å². The third-order valence-electron chi connectivity index (χ3n) is 3.46. The maximum Gasteiger partial charge on any atom is 0.411 e. The van der Waals surface area contributed by atoms with Gasteiger partial charge in [0.15, 0.2) is 6.10 Å². The van der Waals surface area contributed by atoms with Crippen LogP contribution in [0.5, 0.6) is 5.75 Å². The third kappa shape index (κ3) is 7.03. The van der Waals surface area contributed by atoms with E-state index in [2.05, 4.69) is 26.6 Å². The van der Waals surface area contributed by atoms with Crippen LogP contribution in [-0.2, 0) is 14.3 Å². The molecule has 2 amide bonds. The van der Waals surface area contributed by atoms with E-state index in [1.54, 1.807) is 49.4 Å². The van der Waals surface area contributed by atoms with Crippen molar-refractivity contribution in [2.75, 3.05) is 31.0 Å². The highest BCUT2D eigenvalue weighted by Gasteiger charge is 2.16. The highest BCUT2D eigenvalue weighted by atomic mass is 79.9. The highest BCUT2D eigenvalue weighted by molar-refractivity contribution is 9.10. The van der Waals surface area contributed by atoms with E-state index in [1.165, 1.54) is 7.11 Å². The van der Waals surface area contributed by atoms with Gasteiger partial charge in [0.1, 0.15) is 12.4 Å². The second kappa shape index (κ2) is 10.9. The molecule has 0 fully saturated rings. The van der Waals surface area contributed by atoms with Crippen LogP contribution in [0.25, 0.3) is 0 Å². The zero-order valence-corrected chi connectivity index (χ0v) is 17.7. The molecule has 150 valence electrons. The normalized spacial score (nSPS) is 11.4. The quantitative estimate of drug-likeness (QED) is 0.545. The number of nitrogens with one attached hydrogen (secondary N) is 2. The highest BCUT2D eigenvalue weighted by Crippen LogP contribution is 2.29. The first-order valence-electron chi connectivity index (χ1n) is 8.34. The second-order valence-electron chi connectivity index (χ2n) is 5.66. The molecule has 2 aromatic carbocycles. The van der Waals surface area contributed by atoms with Gasteiger partial charge in [-0.3, -0.25) is 10.1 Å². The smallest absolute Gasteiger partial charge is 0.411 e. The lowest BCUT2D eigenvalue weighted by atomic mass is 10.2. The van der Waals surface area contributed by atoms with E-state index < -0.39 is 12.2 Å². The van der Waals surface area contributed by atoms with Gasteiger partial charge in [-0.2, -0.15) is 0 Å². The molecule has 2 N–H and O–H groups in total. The fourth-order valence-corrected chi connectivity index (χ4v) is 2.88. The molecule has 0 radical (unpaired) electrons. The summed E-state index contributed by atoms with van der Waals surface area (Å²) in [6, 6.07) is 11.7. The van der Waals surface area contributed by atoms with E-state index >= 15 is 0 Å². The third-order valence-corrected chi connectivity index (χ3v) is 4.32. The number of hydrogen-bond donors (Lipinski definition) is 2. The zero-order chi connectivity index (χ0) is 20.5. The van der Waals surface area contributed by atoms with Gasteiger partial charge in [0.2, 0.25) is 0 Å². The number of methoxy groups -OCH3 is 1. The predicted octanol–water partition coefficient (Wildman–Crippen LogP) is 4.70. The Hall–Kier alpha value is -2.29. The molecule has 0 aliphatic rings. The number of amides is 2. The van der Waals surface area contributed by atoms with Gasteiger partial charge in [-0.05, 0) is 59.3 Å². The molecule has 0 aliphatic carbocycles. The first-order chi connectivity index (χ1) is 13.4. The number of carbonyl (C=O) groups is 2. The first kappa shape index (κ1) is 22.0. The molecule has 1 unspecified atom stereocenters. The molecule has 2 rings (SSSR count). The average molecular weight is 472 g/mol. The first-order valence-corrected chi connectivity index (χ1v) is 9.51. The van der Waals surface area contributed by atoms with Crippen molar-refractivity contribution < 1.29 is 23.8 Å². The maximum absolute atomic E-state index is 12.4. The van der Waals surface area contributed by atoms with E-state index in [0.717, 1.165) is 0 Å². The molecule has 0 heterocycles. The molecular weight excluding hydrogens is 452 g/mol. The molecule has 7 nitrogen and oxygen atoms in total. The van der Waals surface area contributed by atoms with Crippen LogP contribution in [0.1, 0.15) is 6.92 Å². The Morgan fingerprint density at radius 2 is 1.82 bits per heavy atom. The summed E-state index contributed by atoms with van der Waals surface area (Å²) in [5.74, 6) is 0.156. The minimum absolute atomic E-state index is 0.147. The van der Waals surface area contributed by atoms with Gasteiger partial charge >= 0.3 is 6.09 Å². The Balaban J connectivity index is 1.93. The maximum atomic E-state index is 12.4. The standard InChI is InChI=1S/C19H20BrClN2O5/c1-12(28-17-7-6-13(21)10-16(17)20)18(24)22-14-4-3-5-15(11-14)23-19(25)27-9-8-26-2/h3-7,10-12H,8-9H2,1-2H3,(H,22,24)(H,23,25). The van der Waals surface area contributed by atoms with Crippen LogP contribution >= 0.6 is 27.5 Å². The van der Waals surface area contributed by atoms with E-state index in [9.17, 15) is 9.59 Å². The average Bonchev–Trinajstić information content (AvgIpc) is 2.64. The SMILES string of the molecule is COCCOC(=O)Nc1cccc(NC(=O)C(C)Oc2ccc(Cl)cc2Br)c1. The van der Waals surface area contributed by atoms with Crippen molar-refractivity contribution in [2.45, 2.75) is 13.0 Å². The van der Waals surface area contributed by atoms with Crippen molar-refractivity contribution in [2.24, 2.45) is 0 Å². The van der Waals surface area contributed by atoms with E-state index in [1.807, 2.05) is 0 Å². The number of hydrogen-bond acceptors (Lipinski definition) is 5. The van der Waals surface area contributed by atoms with Crippen molar-refractivity contribution in [3.8, 4) is 5.75 Å². The number of halogens is 2. The molecule has 0 saturated heterocycles. The lowest BCUT2D eigenvalue weighted by molar-refractivity contribution is -0.122. The predicted molar refractivity (Wildman–Crippen MR) is 111 cm³/mol. The molecule has 1 atom stereocenters. The summed E-state index contributed by atoms with van der Waals surface area (Å²) in [4.78, 5) is 24.1. The van der Waals surface area contributed by atoms with Crippen molar-refractivity contribution >= 4 is 50.9 Å². The Morgan fingerprint density at radius 1 is 1.11 bits per heavy atom. The summed E-state index contributed by atoms with van der Waals surface area (Å²) in [6.07, 6.45) is -1.36. The summed E-state index contributed by atoms with van der Waals surface area (Å²) >= 11 is 9.25. The summed E-state index contributed by atoms with van der Waals surface area (Å²) in [6.45, 7) is 2.09. The van der Waals surface area contributed by atoms with Crippen LogP contribution in [0.15, 0.2) is 46.9 Å². The Bertz CT molecular complexity index is 834. The van der Waals surface area contributed by atoms with Gasteiger partial charge in [-0.15, -0.1) is 0 Å². The Morgan fingerprint density at radius 3 is 2.50 bits per heavy atom. The number of carbonyl (C=O) groups excluding carboxylic acids is 2. The van der Waals surface area contributed by atoms with Gasteiger partial charge in [-0.1, -0.05) is 17.7 Å². The molecule has 9 heteroatoms. The summed E-state index contributed by atoms with van der Waals surface area (Å²) in [7, 11) is 1.52. The van der Waals surface area contributed by atoms with Crippen molar-refractivity contribution in [3.63, 3.8) is 0 Å². The minimum Gasteiger partial charge on any atom is -0.480 e. The van der Waals surface area contributed by atoms with Crippen molar-refractivity contribution in [3.05, 3.63) is 52.0 Å². The van der Waals surface area contributed by atoms with Gasteiger partial charge in [-0.25, -0.2) is 4.79 Å². The second-order valence-corrected chi connectivity index (χ2v) is 6.95. The lowest BCUT2D eigenvalue weighted by Gasteiger charge is -2.16. The fraction of sp³-hybridized carbons (Fsp3) is 0.263. The number of rotatable bonds is 8. The van der Waals surface area contributed by atoms with Crippen LogP contribution in [-0.4, -0.2) is 38.4 Å². The van der Waals surface area contributed by atoms with Crippen molar-refractivity contribution in [1.82, 2.24) is 0 Å². The molecule has 0 saturated carbocycles. The summed E-state index contributed by atoms with van der Waals surface area (Å²) < 4.78 is 16.1. The van der Waals surface area contributed by atoms with Crippen LogP contribution in [0, 0.1) is 0 Å². The largest absolute Gasteiger partial charge is 0.480 e. The van der Waals surface area contributed by atoms with Crippen LogP contribution in [0.3, 0.4) is 0 Å². The zero-order valence-electron chi connectivity index (χ0n) is 15.3. The Labute approximate surface area is 176 Å². The van der Waals surface area contributed by atoms with E-state index in [4.69, 9.17) is 25.8 Å². The summed E-state index contributed by atoms with van der Waals surface area (Å²) in [5.41, 5.74) is 0.986. The van der Waals surface area contributed by atoms with E-state index in [0.29, 0.717) is 33.2 Å². The topological polar surface area (TPSA) is 85.9 Å². The van der Waals surface area contributed by atoms with Crippen LogP contribution in [0.2, 0.25) is 5.02 Å².